The second-order valence-corrected chi connectivity index (χ2v) is 6.24. The van der Waals surface area contributed by atoms with E-state index in [2.05, 4.69) is 4.98 Å². The fourth-order valence-corrected chi connectivity index (χ4v) is 2.65. The summed E-state index contributed by atoms with van der Waals surface area (Å²) in [5, 5.41) is 9.20. The highest BCUT2D eigenvalue weighted by molar-refractivity contribution is 6.36. The van der Waals surface area contributed by atoms with E-state index in [-0.39, 0.29) is 33.8 Å². The fraction of sp³-hybridized carbons (Fsp3) is 0.353. The number of amides is 1. The highest BCUT2D eigenvalue weighted by atomic mass is 35.5. The lowest BCUT2D eigenvalue weighted by atomic mass is 10.1. The van der Waals surface area contributed by atoms with Crippen LogP contribution >= 0.6 is 11.6 Å². The molecule has 2 rings (SSSR count). The van der Waals surface area contributed by atoms with E-state index in [0.717, 1.165) is 5.69 Å². The van der Waals surface area contributed by atoms with E-state index >= 15 is 0 Å². The van der Waals surface area contributed by atoms with Crippen molar-refractivity contribution in [1.29, 1.82) is 0 Å². The molecule has 0 saturated heterocycles. The van der Waals surface area contributed by atoms with Crippen LogP contribution in [0.1, 0.15) is 40.3 Å². The van der Waals surface area contributed by atoms with Crippen LogP contribution in [0.15, 0.2) is 24.7 Å². The van der Waals surface area contributed by atoms with Gasteiger partial charge in [-0.3, -0.25) is 4.79 Å². The maximum Gasteiger partial charge on any atom is 0.337 e. The third-order valence-corrected chi connectivity index (χ3v) is 4.28. The van der Waals surface area contributed by atoms with Crippen molar-refractivity contribution in [2.45, 2.75) is 26.4 Å². The second-order valence-electron chi connectivity index (χ2n) is 5.86. The van der Waals surface area contributed by atoms with Crippen molar-refractivity contribution in [3.8, 4) is 5.75 Å². The van der Waals surface area contributed by atoms with Crippen LogP contribution in [-0.4, -0.2) is 44.6 Å². The van der Waals surface area contributed by atoms with Crippen LogP contribution in [0.2, 0.25) is 5.02 Å². The molecule has 0 spiro atoms. The Bertz CT molecular complexity index is 801. The van der Waals surface area contributed by atoms with Gasteiger partial charge in [-0.15, -0.1) is 0 Å². The lowest BCUT2D eigenvalue weighted by Gasteiger charge is -2.27. The first-order valence-electron chi connectivity index (χ1n) is 7.63. The topological polar surface area (TPSA) is 84.7 Å². The average molecular weight is 366 g/mol. The first-order chi connectivity index (χ1) is 11.8. The van der Waals surface area contributed by atoms with Crippen molar-refractivity contribution in [2.75, 3.05) is 7.11 Å². The van der Waals surface area contributed by atoms with Crippen molar-refractivity contribution in [2.24, 2.45) is 7.05 Å². The molecule has 25 heavy (non-hydrogen) atoms. The number of imidazole rings is 1. The van der Waals surface area contributed by atoms with Gasteiger partial charge in [0.05, 0.1) is 41.8 Å². The molecule has 134 valence electrons. The minimum atomic E-state index is -1.22. The summed E-state index contributed by atoms with van der Waals surface area (Å²) in [5.41, 5.74) is 0.766. The Morgan fingerprint density at radius 1 is 1.36 bits per heavy atom. The molecule has 0 aliphatic heterocycles. The molecule has 1 N–H and O–H groups in total. The minimum absolute atomic E-state index is 0.0919. The molecule has 0 radical (unpaired) electrons. The van der Waals surface area contributed by atoms with Gasteiger partial charge in [0.25, 0.3) is 5.91 Å². The fourth-order valence-electron chi connectivity index (χ4n) is 2.38. The Kier molecular flexibility index (Phi) is 5.69. The number of hydrogen-bond acceptors (Lipinski definition) is 4. The number of carbonyl (C=O) groups is 2. The smallest absolute Gasteiger partial charge is 0.337 e. The predicted octanol–water partition coefficient (Wildman–Crippen LogP) is 2.83. The number of hydrogen-bond donors (Lipinski definition) is 1. The zero-order valence-corrected chi connectivity index (χ0v) is 15.2. The molecule has 0 aliphatic carbocycles. The summed E-state index contributed by atoms with van der Waals surface area (Å²) in [4.78, 5) is 30.1. The molecule has 0 fully saturated rings. The number of carbonyl (C=O) groups excluding carboxylic acids is 1. The molecular formula is C17H20ClN3O4. The predicted molar refractivity (Wildman–Crippen MR) is 93.2 cm³/mol. The van der Waals surface area contributed by atoms with Crippen molar-refractivity contribution in [3.05, 3.63) is 46.5 Å². The van der Waals surface area contributed by atoms with Crippen LogP contribution < -0.4 is 4.74 Å². The summed E-state index contributed by atoms with van der Waals surface area (Å²) in [7, 11) is 3.24. The molecule has 0 saturated carbocycles. The van der Waals surface area contributed by atoms with Gasteiger partial charge in [-0.05, 0) is 26.0 Å². The van der Waals surface area contributed by atoms with Crippen molar-refractivity contribution in [1.82, 2.24) is 14.5 Å². The Balaban J connectivity index is 2.47. The van der Waals surface area contributed by atoms with Gasteiger partial charge < -0.3 is 19.3 Å². The number of aryl methyl sites for hydroxylation is 1. The van der Waals surface area contributed by atoms with Crippen LogP contribution in [0.3, 0.4) is 0 Å². The Morgan fingerprint density at radius 2 is 2.00 bits per heavy atom. The number of aromatic carboxylic acids is 1. The number of aromatic nitrogens is 2. The number of carboxylic acids is 1. The van der Waals surface area contributed by atoms with Crippen LogP contribution in [0, 0.1) is 0 Å². The Labute approximate surface area is 150 Å². The monoisotopic (exact) mass is 365 g/mol. The van der Waals surface area contributed by atoms with E-state index in [4.69, 9.17) is 16.3 Å². The summed E-state index contributed by atoms with van der Waals surface area (Å²) in [6.07, 6.45) is 3.33. The molecule has 1 aromatic carbocycles. The number of nitrogens with zero attached hydrogens (tertiary/aromatic N) is 3. The highest BCUT2D eigenvalue weighted by Crippen LogP contribution is 2.29. The van der Waals surface area contributed by atoms with E-state index in [1.54, 1.807) is 17.4 Å². The summed E-state index contributed by atoms with van der Waals surface area (Å²) >= 11 is 6.19. The quantitative estimate of drug-likeness (QED) is 0.850. The summed E-state index contributed by atoms with van der Waals surface area (Å²) < 4.78 is 6.93. The molecule has 7 nitrogen and oxygen atoms in total. The van der Waals surface area contributed by atoms with Gasteiger partial charge in [0, 0.05) is 19.3 Å². The maximum atomic E-state index is 13.1. The largest absolute Gasteiger partial charge is 0.497 e. The number of carboxylic acid groups (broad SMARTS) is 1. The standard InChI is InChI=1S/C17H20ClN3O4/c1-10(2)21(8-11-7-19-9-20(11)3)16(22)13-5-12(25-4)6-14(15(13)18)17(23)24/h5-7,9-10H,8H2,1-4H3,(H,23,24). The molecule has 0 unspecified atom stereocenters. The van der Waals surface area contributed by atoms with Crippen LogP contribution in [0.5, 0.6) is 5.75 Å². The summed E-state index contributed by atoms with van der Waals surface area (Å²) in [6, 6.07) is 2.62. The first kappa shape index (κ1) is 18.8. The van der Waals surface area contributed by atoms with Gasteiger partial charge in [-0.25, -0.2) is 9.78 Å². The average Bonchev–Trinajstić information content (AvgIpc) is 2.96. The van der Waals surface area contributed by atoms with Gasteiger partial charge in [0.15, 0.2) is 0 Å². The molecule has 1 heterocycles. The maximum absolute atomic E-state index is 13.1. The third kappa shape index (κ3) is 3.93. The van der Waals surface area contributed by atoms with Crippen molar-refractivity contribution in [3.63, 3.8) is 0 Å². The van der Waals surface area contributed by atoms with E-state index in [1.165, 1.54) is 19.2 Å². The normalized spacial score (nSPS) is 10.8. The molecule has 1 amide bonds. The number of ether oxygens (including phenoxy) is 1. The van der Waals surface area contributed by atoms with Gasteiger partial charge >= 0.3 is 5.97 Å². The molecule has 0 bridgehead atoms. The molecule has 0 aliphatic rings. The van der Waals surface area contributed by atoms with Crippen LogP contribution in [0.25, 0.3) is 0 Å². The molecular weight excluding hydrogens is 346 g/mol. The highest BCUT2D eigenvalue weighted by Gasteiger charge is 2.26. The third-order valence-electron chi connectivity index (χ3n) is 3.88. The lowest BCUT2D eigenvalue weighted by Crippen LogP contribution is -2.37. The molecule has 1 aromatic heterocycles. The van der Waals surface area contributed by atoms with Gasteiger partial charge in [0.2, 0.25) is 0 Å². The Morgan fingerprint density at radius 3 is 2.48 bits per heavy atom. The SMILES string of the molecule is COc1cc(C(=O)O)c(Cl)c(C(=O)N(Cc2cncn2C)C(C)C)c1. The van der Waals surface area contributed by atoms with Crippen LogP contribution in [-0.2, 0) is 13.6 Å². The summed E-state index contributed by atoms with van der Waals surface area (Å²) in [5.74, 6) is -1.34. The van der Waals surface area contributed by atoms with Gasteiger partial charge in [0.1, 0.15) is 5.75 Å². The van der Waals surface area contributed by atoms with Crippen LogP contribution in [0.4, 0.5) is 0 Å². The second kappa shape index (κ2) is 7.57. The van der Waals surface area contributed by atoms with E-state index in [1.807, 2.05) is 25.5 Å². The summed E-state index contributed by atoms with van der Waals surface area (Å²) in [6.45, 7) is 4.07. The minimum Gasteiger partial charge on any atom is -0.497 e. The van der Waals surface area contributed by atoms with Crippen molar-refractivity contribution >= 4 is 23.5 Å². The number of halogens is 1. The molecule has 8 heteroatoms. The number of rotatable bonds is 6. The van der Waals surface area contributed by atoms with E-state index < -0.39 is 5.97 Å². The lowest BCUT2D eigenvalue weighted by molar-refractivity contribution is 0.0686. The van der Waals surface area contributed by atoms with E-state index in [0.29, 0.717) is 6.54 Å². The zero-order valence-electron chi connectivity index (χ0n) is 14.5. The number of methoxy groups -OCH3 is 1. The van der Waals surface area contributed by atoms with E-state index in [9.17, 15) is 14.7 Å². The molecule has 0 atom stereocenters. The van der Waals surface area contributed by atoms with Crippen molar-refractivity contribution < 1.29 is 19.4 Å². The zero-order chi connectivity index (χ0) is 18.7. The first-order valence-corrected chi connectivity index (χ1v) is 8.01. The number of benzene rings is 1. The Hall–Kier alpha value is -2.54. The van der Waals surface area contributed by atoms with Gasteiger partial charge in [-0.1, -0.05) is 11.6 Å². The molecule has 2 aromatic rings. The van der Waals surface area contributed by atoms with Gasteiger partial charge in [-0.2, -0.15) is 0 Å².